The van der Waals surface area contributed by atoms with Crippen LogP contribution in [0, 0.1) is 0 Å². The van der Waals surface area contributed by atoms with Crippen LogP contribution < -0.4 is 5.73 Å². The maximum absolute atomic E-state index is 5.95. The Morgan fingerprint density at radius 3 is 2.59 bits per heavy atom. The van der Waals surface area contributed by atoms with Gasteiger partial charge >= 0.3 is 0 Å². The van der Waals surface area contributed by atoms with E-state index in [1.165, 1.54) is 43.9 Å². The van der Waals surface area contributed by atoms with Gasteiger partial charge in [-0.1, -0.05) is 6.07 Å². The summed E-state index contributed by atoms with van der Waals surface area (Å²) in [6.45, 7) is 5.55. The van der Waals surface area contributed by atoms with Gasteiger partial charge in [-0.3, -0.25) is 9.80 Å². The third kappa shape index (κ3) is 2.55. The molecule has 2 aliphatic rings. The summed E-state index contributed by atoms with van der Waals surface area (Å²) in [6, 6.07) is 5.70. The molecule has 3 nitrogen and oxygen atoms in total. The van der Waals surface area contributed by atoms with Crippen LogP contribution in [0.5, 0.6) is 0 Å². The maximum atomic E-state index is 5.95. The number of nitrogens with two attached hydrogens (primary N) is 1. The summed E-state index contributed by atoms with van der Waals surface area (Å²) in [7, 11) is 0. The van der Waals surface area contributed by atoms with Crippen LogP contribution in [0.15, 0.2) is 17.5 Å². The van der Waals surface area contributed by atoms with Crippen molar-refractivity contribution in [3.8, 4) is 0 Å². The molecule has 1 atom stereocenters. The number of piperazine rings is 1. The van der Waals surface area contributed by atoms with Crippen LogP contribution in [0.4, 0.5) is 0 Å². The van der Waals surface area contributed by atoms with Gasteiger partial charge in [0, 0.05) is 43.6 Å². The van der Waals surface area contributed by atoms with E-state index in [1.54, 1.807) is 0 Å². The van der Waals surface area contributed by atoms with Crippen LogP contribution in [0.3, 0.4) is 0 Å². The van der Waals surface area contributed by atoms with Crippen molar-refractivity contribution in [1.82, 2.24) is 9.80 Å². The summed E-state index contributed by atoms with van der Waals surface area (Å²) in [5, 5.41) is 2.15. The van der Waals surface area contributed by atoms with E-state index in [4.69, 9.17) is 5.73 Å². The number of hydrogen-bond acceptors (Lipinski definition) is 4. The third-order valence-corrected chi connectivity index (χ3v) is 4.92. The molecule has 1 unspecified atom stereocenters. The second kappa shape index (κ2) is 5.06. The number of rotatable bonds is 4. The predicted octanol–water partition coefficient (Wildman–Crippen LogP) is 1.53. The standard InChI is InChI=1S/C13H21N3S/c14-10-12(13-2-1-9-17-13)16-7-5-15(6-8-16)11-3-4-11/h1-2,9,11-12H,3-8,10,14H2. The minimum absolute atomic E-state index is 0.441. The number of thiophene rings is 1. The van der Waals surface area contributed by atoms with Crippen LogP contribution >= 0.6 is 11.3 Å². The van der Waals surface area contributed by atoms with Gasteiger partial charge in [0.15, 0.2) is 0 Å². The number of hydrogen-bond donors (Lipinski definition) is 1. The van der Waals surface area contributed by atoms with Gasteiger partial charge in [-0.05, 0) is 24.3 Å². The zero-order valence-corrected chi connectivity index (χ0v) is 11.0. The molecular formula is C13H21N3S. The Balaban J connectivity index is 1.60. The number of nitrogens with zero attached hydrogens (tertiary/aromatic N) is 2. The van der Waals surface area contributed by atoms with Gasteiger partial charge in [-0.2, -0.15) is 0 Å². The summed E-state index contributed by atoms with van der Waals surface area (Å²) >= 11 is 1.83. The lowest BCUT2D eigenvalue weighted by Gasteiger charge is -2.38. The van der Waals surface area contributed by atoms with Crippen molar-refractivity contribution in [2.24, 2.45) is 5.73 Å². The summed E-state index contributed by atoms with van der Waals surface area (Å²) in [6.07, 6.45) is 2.84. The summed E-state index contributed by atoms with van der Waals surface area (Å²) in [5.41, 5.74) is 5.95. The fraction of sp³-hybridized carbons (Fsp3) is 0.692. The predicted molar refractivity (Wildman–Crippen MR) is 72.3 cm³/mol. The van der Waals surface area contributed by atoms with Crippen LogP contribution in [-0.2, 0) is 0 Å². The lowest BCUT2D eigenvalue weighted by Crippen LogP contribution is -2.49. The van der Waals surface area contributed by atoms with Crippen molar-refractivity contribution in [1.29, 1.82) is 0 Å². The molecular weight excluding hydrogens is 230 g/mol. The molecule has 0 radical (unpaired) electrons. The molecule has 1 aliphatic carbocycles. The molecule has 1 saturated carbocycles. The largest absolute Gasteiger partial charge is 0.329 e. The summed E-state index contributed by atoms with van der Waals surface area (Å²) < 4.78 is 0. The van der Waals surface area contributed by atoms with Gasteiger partial charge in [0.05, 0.1) is 6.04 Å². The minimum Gasteiger partial charge on any atom is -0.329 e. The highest BCUT2D eigenvalue weighted by atomic mass is 32.1. The van der Waals surface area contributed by atoms with E-state index < -0.39 is 0 Å². The van der Waals surface area contributed by atoms with Crippen molar-refractivity contribution in [3.63, 3.8) is 0 Å². The Bertz CT molecular complexity index is 340. The van der Waals surface area contributed by atoms with E-state index in [2.05, 4.69) is 27.3 Å². The molecule has 2 heterocycles. The lowest BCUT2D eigenvalue weighted by atomic mass is 10.1. The second-order valence-corrected chi connectivity index (χ2v) is 6.05. The van der Waals surface area contributed by atoms with E-state index in [-0.39, 0.29) is 0 Å². The molecule has 1 saturated heterocycles. The smallest absolute Gasteiger partial charge is 0.0565 e. The average Bonchev–Trinajstić information content (AvgIpc) is 3.09. The summed E-state index contributed by atoms with van der Waals surface area (Å²) in [5.74, 6) is 0. The Morgan fingerprint density at radius 1 is 1.29 bits per heavy atom. The SMILES string of the molecule is NCC(c1cccs1)N1CCN(C2CC2)CC1. The van der Waals surface area contributed by atoms with Gasteiger partial charge in [0.2, 0.25) is 0 Å². The summed E-state index contributed by atoms with van der Waals surface area (Å²) in [4.78, 5) is 6.64. The quantitative estimate of drug-likeness (QED) is 0.881. The third-order valence-electron chi connectivity index (χ3n) is 3.95. The molecule has 3 rings (SSSR count). The van der Waals surface area contributed by atoms with Crippen molar-refractivity contribution in [2.75, 3.05) is 32.7 Å². The first-order chi connectivity index (χ1) is 8.38. The fourth-order valence-corrected chi connectivity index (χ4v) is 3.65. The van der Waals surface area contributed by atoms with Crippen LogP contribution in [0.25, 0.3) is 0 Å². The van der Waals surface area contributed by atoms with Crippen LogP contribution in [0.1, 0.15) is 23.8 Å². The van der Waals surface area contributed by atoms with Crippen molar-refractivity contribution >= 4 is 11.3 Å². The monoisotopic (exact) mass is 251 g/mol. The Kier molecular flexibility index (Phi) is 3.47. The lowest BCUT2D eigenvalue weighted by molar-refractivity contribution is 0.0950. The fourth-order valence-electron chi connectivity index (χ4n) is 2.78. The van der Waals surface area contributed by atoms with Crippen molar-refractivity contribution < 1.29 is 0 Å². The highest BCUT2D eigenvalue weighted by Crippen LogP contribution is 2.30. The van der Waals surface area contributed by atoms with E-state index in [0.717, 1.165) is 12.6 Å². The minimum atomic E-state index is 0.441. The first-order valence-electron chi connectivity index (χ1n) is 6.60. The zero-order chi connectivity index (χ0) is 11.7. The van der Waals surface area contributed by atoms with Crippen molar-refractivity contribution in [3.05, 3.63) is 22.4 Å². The molecule has 0 amide bonds. The Labute approximate surface area is 107 Å². The van der Waals surface area contributed by atoms with E-state index in [0.29, 0.717) is 6.04 Å². The normalized spacial score (nSPS) is 25.0. The van der Waals surface area contributed by atoms with Crippen LogP contribution in [0.2, 0.25) is 0 Å². The molecule has 0 spiro atoms. The highest BCUT2D eigenvalue weighted by Gasteiger charge is 2.32. The molecule has 4 heteroatoms. The average molecular weight is 251 g/mol. The van der Waals surface area contributed by atoms with E-state index >= 15 is 0 Å². The molecule has 0 aromatic carbocycles. The van der Waals surface area contributed by atoms with Gasteiger partial charge in [-0.15, -0.1) is 11.3 Å². The molecule has 17 heavy (non-hydrogen) atoms. The van der Waals surface area contributed by atoms with Crippen molar-refractivity contribution in [2.45, 2.75) is 24.9 Å². The van der Waals surface area contributed by atoms with Gasteiger partial charge in [-0.25, -0.2) is 0 Å². The maximum Gasteiger partial charge on any atom is 0.0565 e. The first-order valence-corrected chi connectivity index (χ1v) is 7.48. The Hall–Kier alpha value is -0.420. The van der Waals surface area contributed by atoms with Gasteiger partial charge in [0.1, 0.15) is 0 Å². The first kappa shape index (κ1) is 11.7. The van der Waals surface area contributed by atoms with Gasteiger partial charge in [0.25, 0.3) is 0 Å². The molecule has 1 aliphatic heterocycles. The van der Waals surface area contributed by atoms with Crippen LogP contribution in [-0.4, -0.2) is 48.6 Å². The molecule has 0 bridgehead atoms. The topological polar surface area (TPSA) is 32.5 Å². The molecule has 2 N–H and O–H groups in total. The zero-order valence-electron chi connectivity index (χ0n) is 10.2. The Morgan fingerprint density at radius 2 is 2.06 bits per heavy atom. The van der Waals surface area contributed by atoms with Gasteiger partial charge < -0.3 is 5.73 Å². The second-order valence-electron chi connectivity index (χ2n) is 5.07. The molecule has 1 aromatic heterocycles. The van der Waals surface area contributed by atoms with E-state index in [9.17, 15) is 0 Å². The highest BCUT2D eigenvalue weighted by molar-refractivity contribution is 7.10. The molecule has 2 fully saturated rings. The van der Waals surface area contributed by atoms with E-state index in [1.807, 2.05) is 11.3 Å². The molecule has 94 valence electrons. The molecule has 1 aromatic rings.